The van der Waals surface area contributed by atoms with Crippen LogP contribution >= 0.6 is 0 Å². The van der Waals surface area contributed by atoms with E-state index >= 15 is 0 Å². The molecule has 2 aromatic rings. The predicted molar refractivity (Wildman–Crippen MR) is 86.0 cm³/mol. The third-order valence-corrected chi connectivity index (χ3v) is 3.77. The summed E-state index contributed by atoms with van der Waals surface area (Å²) in [4.78, 5) is 7.05. The van der Waals surface area contributed by atoms with Crippen molar-refractivity contribution in [1.82, 2.24) is 14.5 Å². The van der Waals surface area contributed by atoms with Crippen LogP contribution < -0.4 is 5.73 Å². The van der Waals surface area contributed by atoms with Crippen LogP contribution in [0.3, 0.4) is 0 Å². The molecule has 0 spiro atoms. The summed E-state index contributed by atoms with van der Waals surface area (Å²) < 4.78 is 2.33. The molecule has 0 aliphatic carbocycles. The molecule has 2 rings (SSSR count). The maximum Gasteiger partial charge on any atom is 0.115 e. The van der Waals surface area contributed by atoms with E-state index in [4.69, 9.17) is 10.7 Å². The van der Waals surface area contributed by atoms with Crippen LogP contribution in [0, 0.1) is 0 Å². The molecule has 0 aliphatic rings. The Morgan fingerprint density at radius 3 is 2.50 bits per heavy atom. The fourth-order valence-corrected chi connectivity index (χ4v) is 2.33. The van der Waals surface area contributed by atoms with Gasteiger partial charge in [0.15, 0.2) is 0 Å². The normalized spacial score (nSPS) is 14.2. The van der Waals surface area contributed by atoms with Crippen LogP contribution in [0.1, 0.15) is 33.5 Å². The van der Waals surface area contributed by atoms with Crippen LogP contribution in [0.4, 0.5) is 5.69 Å². The fraction of sp³-hybridized carbons (Fsp3) is 0.562. The standard InChI is InChI=1S/C16H26N4/c1-11(19(5)6)10-20-14-8-7-12(17)9-13(14)18-15(20)16(2,3)4/h7-9,11H,10,17H2,1-6H3. The number of anilines is 1. The molecule has 0 fully saturated rings. The molecule has 1 heterocycles. The first-order valence-corrected chi connectivity index (χ1v) is 7.13. The SMILES string of the molecule is CC(Cn1c(C(C)(C)C)nc2cc(N)ccc21)N(C)C. The summed E-state index contributed by atoms with van der Waals surface area (Å²) in [5.74, 6) is 1.12. The first kappa shape index (κ1) is 14.9. The molecule has 20 heavy (non-hydrogen) atoms. The van der Waals surface area contributed by atoms with Crippen molar-refractivity contribution in [3.8, 4) is 0 Å². The average molecular weight is 274 g/mol. The van der Waals surface area contributed by atoms with Gasteiger partial charge >= 0.3 is 0 Å². The number of nitrogen functional groups attached to an aromatic ring is 1. The number of rotatable bonds is 3. The number of benzene rings is 1. The van der Waals surface area contributed by atoms with Crippen molar-refractivity contribution in [2.24, 2.45) is 0 Å². The van der Waals surface area contributed by atoms with Gasteiger partial charge in [-0.3, -0.25) is 0 Å². The van der Waals surface area contributed by atoms with Crippen LogP contribution in [0.5, 0.6) is 0 Å². The van der Waals surface area contributed by atoms with Gasteiger partial charge in [0.25, 0.3) is 0 Å². The highest BCUT2D eigenvalue weighted by molar-refractivity contribution is 5.80. The minimum Gasteiger partial charge on any atom is -0.399 e. The Balaban J connectivity index is 2.59. The van der Waals surface area contributed by atoms with Crippen LogP contribution in [0.2, 0.25) is 0 Å². The van der Waals surface area contributed by atoms with Crippen molar-refractivity contribution in [3.63, 3.8) is 0 Å². The van der Waals surface area contributed by atoms with Gasteiger partial charge in [-0.25, -0.2) is 4.98 Å². The zero-order valence-electron chi connectivity index (χ0n) is 13.4. The third-order valence-electron chi connectivity index (χ3n) is 3.77. The largest absolute Gasteiger partial charge is 0.399 e. The molecule has 0 radical (unpaired) electrons. The van der Waals surface area contributed by atoms with Gasteiger partial charge in [0, 0.05) is 23.7 Å². The van der Waals surface area contributed by atoms with Crippen LogP contribution in [-0.2, 0) is 12.0 Å². The van der Waals surface area contributed by atoms with Crippen LogP contribution in [-0.4, -0.2) is 34.6 Å². The molecule has 1 atom stereocenters. The molecule has 0 bridgehead atoms. The first-order valence-electron chi connectivity index (χ1n) is 7.13. The minimum atomic E-state index is 0.0137. The summed E-state index contributed by atoms with van der Waals surface area (Å²) in [6, 6.07) is 6.44. The highest BCUT2D eigenvalue weighted by atomic mass is 15.2. The van der Waals surface area contributed by atoms with Crippen LogP contribution in [0.25, 0.3) is 11.0 Å². The molecule has 4 heteroatoms. The van der Waals surface area contributed by atoms with Gasteiger partial charge in [0.1, 0.15) is 5.82 Å². The van der Waals surface area contributed by atoms with Gasteiger partial charge in [0.05, 0.1) is 11.0 Å². The van der Waals surface area contributed by atoms with Gasteiger partial charge in [-0.2, -0.15) is 0 Å². The van der Waals surface area contributed by atoms with Gasteiger partial charge in [-0.1, -0.05) is 20.8 Å². The van der Waals surface area contributed by atoms with E-state index in [9.17, 15) is 0 Å². The van der Waals surface area contributed by atoms with Crippen molar-refractivity contribution in [2.75, 3.05) is 19.8 Å². The number of hydrogen-bond acceptors (Lipinski definition) is 3. The van der Waals surface area contributed by atoms with Gasteiger partial charge < -0.3 is 15.2 Å². The fourth-order valence-electron chi connectivity index (χ4n) is 2.33. The van der Waals surface area contributed by atoms with E-state index in [1.807, 2.05) is 12.1 Å². The summed E-state index contributed by atoms with van der Waals surface area (Å²) in [6.45, 7) is 9.77. The molecule has 2 N–H and O–H groups in total. The quantitative estimate of drug-likeness (QED) is 0.875. The summed E-state index contributed by atoms with van der Waals surface area (Å²) in [6.07, 6.45) is 0. The molecule has 4 nitrogen and oxygen atoms in total. The number of aromatic nitrogens is 2. The van der Waals surface area contributed by atoms with Crippen molar-refractivity contribution >= 4 is 16.7 Å². The lowest BCUT2D eigenvalue weighted by atomic mass is 9.95. The Hall–Kier alpha value is -1.55. The Bertz CT molecular complexity index is 605. The summed E-state index contributed by atoms with van der Waals surface area (Å²) >= 11 is 0. The smallest absolute Gasteiger partial charge is 0.115 e. The maximum absolute atomic E-state index is 5.88. The Morgan fingerprint density at radius 2 is 1.95 bits per heavy atom. The molecule has 1 unspecified atom stereocenters. The molecule has 1 aromatic heterocycles. The summed E-state index contributed by atoms with van der Waals surface area (Å²) in [7, 11) is 4.22. The molecule has 110 valence electrons. The van der Waals surface area contributed by atoms with E-state index in [-0.39, 0.29) is 5.41 Å². The van der Waals surface area contributed by atoms with Crippen molar-refractivity contribution in [1.29, 1.82) is 0 Å². The molecule has 0 amide bonds. The van der Waals surface area contributed by atoms with E-state index in [2.05, 4.69) is 57.3 Å². The number of nitrogens with zero attached hydrogens (tertiary/aromatic N) is 3. The minimum absolute atomic E-state index is 0.0137. The second kappa shape index (κ2) is 5.09. The number of imidazole rings is 1. The number of fused-ring (bicyclic) bond motifs is 1. The highest BCUT2D eigenvalue weighted by Crippen LogP contribution is 2.28. The summed E-state index contributed by atoms with van der Waals surface area (Å²) in [5.41, 5.74) is 8.82. The monoisotopic (exact) mass is 274 g/mol. The molecular formula is C16H26N4. The van der Waals surface area contributed by atoms with E-state index in [1.165, 1.54) is 0 Å². The molecule has 0 saturated carbocycles. The maximum atomic E-state index is 5.88. The number of likely N-dealkylation sites (N-methyl/N-ethyl adjacent to an activating group) is 1. The lowest BCUT2D eigenvalue weighted by Gasteiger charge is -2.25. The van der Waals surface area contributed by atoms with E-state index in [0.29, 0.717) is 6.04 Å². The lowest BCUT2D eigenvalue weighted by Crippen LogP contribution is -2.31. The lowest BCUT2D eigenvalue weighted by molar-refractivity contribution is 0.280. The Labute approximate surface area is 121 Å². The number of hydrogen-bond donors (Lipinski definition) is 1. The molecular weight excluding hydrogens is 248 g/mol. The molecule has 0 aliphatic heterocycles. The zero-order chi connectivity index (χ0) is 15.1. The Kier molecular flexibility index (Phi) is 3.78. The second-order valence-electron chi connectivity index (χ2n) is 6.86. The summed E-state index contributed by atoms with van der Waals surface area (Å²) in [5, 5.41) is 0. The third kappa shape index (κ3) is 2.80. The predicted octanol–water partition coefficient (Wildman–Crippen LogP) is 2.87. The van der Waals surface area contributed by atoms with Crippen molar-refractivity contribution in [3.05, 3.63) is 24.0 Å². The van der Waals surface area contributed by atoms with Gasteiger partial charge in [-0.15, -0.1) is 0 Å². The van der Waals surface area contributed by atoms with Crippen molar-refractivity contribution < 1.29 is 0 Å². The topological polar surface area (TPSA) is 47.1 Å². The number of nitrogens with two attached hydrogens (primary N) is 1. The average Bonchev–Trinajstić information content (AvgIpc) is 2.66. The molecule has 1 aromatic carbocycles. The van der Waals surface area contributed by atoms with Crippen LogP contribution in [0.15, 0.2) is 18.2 Å². The zero-order valence-corrected chi connectivity index (χ0v) is 13.4. The first-order chi connectivity index (χ1) is 9.20. The van der Waals surface area contributed by atoms with E-state index < -0.39 is 0 Å². The molecule has 0 saturated heterocycles. The second-order valence-corrected chi connectivity index (χ2v) is 6.86. The highest BCUT2D eigenvalue weighted by Gasteiger charge is 2.24. The van der Waals surface area contributed by atoms with Gasteiger partial charge in [-0.05, 0) is 39.2 Å². The van der Waals surface area contributed by atoms with Crippen molar-refractivity contribution in [2.45, 2.75) is 45.7 Å². The Morgan fingerprint density at radius 1 is 1.30 bits per heavy atom. The van der Waals surface area contributed by atoms with E-state index in [1.54, 1.807) is 0 Å². The van der Waals surface area contributed by atoms with Gasteiger partial charge in [0.2, 0.25) is 0 Å². The van der Waals surface area contributed by atoms with E-state index in [0.717, 1.165) is 29.1 Å².